The van der Waals surface area contributed by atoms with E-state index in [9.17, 15) is 8.42 Å². The first-order valence-corrected chi connectivity index (χ1v) is 5.21. The Morgan fingerprint density at radius 3 is 2.70 bits per heavy atom. The maximum absolute atomic E-state index is 11.1. The van der Waals surface area contributed by atoms with Crippen molar-refractivity contribution in [3.8, 4) is 0 Å². The summed E-state index contributed by atoms with van der Waals surface area (Å²) >= 11 is 0. The van der Waals surface area contributed by atoms with Gasteiger partial charge in [0.15, 0.2) is 9.84 Å². The molecule has 1 aliphatic heterocycles. The Kier molecular flexibility index (Phi) is 2.31. The van der Waals surface area contributed by atoms with Crippen molar-refractivity contribution in [1.82, 2.24) is 0 Å². The van der Waals surface area contributed by atoms with Gasteiger partial charge in [-0.2, -0.15) is 7.05 Å². The molecule has 1 heterocycles. The van der Waals surface area contributed by atoms with Crippen molar-refractivity contribution in [2.24, 2.45) is 0 Å². The highest BCUT2D eigenvalue weighted by molar-refractivity contribution is 7.92. The molecular formula is C6H13NO2S. The van der Waals surface area contributed by atoms with Crippen molar-refractivity contribution in [2.45, 2.75) is 18.1 Å². The molecular weight excluding hydrogens is 150 g/mol. The van der Waals surface area contributed by atoms with Crippen LogP contribution in [0.3, 0.4) is 0 Å². The van der Waals surface area contributed by atoms with Crippen LogP contribution in [0.25, 0.3) is 0 Å². The quantitative estimate of drug-likeness (QED) is 0.526. The van der Waals surface area contributed by atoms with Crippen LogP contribution in [0.4, 0.5) is 0 Å². The lowest BCUT2D eigenvalue weighted by Crippen LogP contribution is -2.79. The predicted octanol–water partition coefficient (Wildman–Crippen LogP) is -1.08. The van der Waals surface area contributed by atoms with Crippen LogP contribution in [0.1, 0.15) is 12.8 Å². The first kappa shape index (κ1) is 8.01. The molecule has 0 aromatic heterocycles. The third kappa shape index (κ3) is 1.49. The molecule has 1 saturated heterocycles. The van der Waals surface area contributed by atoms with Gasteiger partial charge in [-0.3, -0.25) is 0 Å². The summed E-state index contributed by atoms with van der Waals surface area (Å²) in [5.74, 6) is 0.380. The van der Waals surface area contributed by atoms with Gasteiger partial charge in [0, 0.05) is 0 Å². The topological polar surface area (TPSA) is 50.8 Å². The Hall–Kier alpha value is -0.0900. The molecule has 1 fully saturated rings. The van der Waals surface area contributed by atoms with E-state index in [2.05, 4.69) is 7.05 Å². The van der Waals surface area contributed by atoms with Crippen LogP contribution in [0.15, 0.2) is 0 Å². The fourth-order valence-electron chi connectivity index (χ4n) is 1.31. The Bertz CT molecular complexity index is 198. The van der Waals surface area contributed by atoms with Gasteiger partial charge in [0.05, 0.1) is 12.3 Å². The van der Waals surface area contributed by atoms with Gasteiger partial charge in [-0.1, -0.05) is 0 Å². The van der Waals surface area contributed by atoms with E-state index >= 15 is 0 Å². The fraction of sp³-hybridized carbons (Fsp3) is 0.833. The van der Waals surface area contributed by atoms with Crippen LogP contribution in [0, 0.1) is 7.05 Å². The van der Waals surface area contributed by atoms with E-state index in [1.807, 2.05) is 0 Å². The molecule has 60 valence electrons. The van der Waals surface area contributed by atoms with Crippen molar-refractivity contribution < 1.29 is 13.7 Å². The fourth-order valence-corrected chi connectivity index (χ4v) is 3.17. The van der Waals surface area contributed by atoms with E-state index in [-0.39, 0.29) is 5.25 Å². The normalized spacial score (nSPS) is 30.7. The van der Waals surface area contributed by atoms with Crippen molar-refractivity contribution in [3.05, 3.63) is 7.05 Å². The molecule has 10 heavy (non-hydrogen) atoms. The minimum atomic E-state index is -2.72. The maximum Gasteiger partial charge on any atom is 0.158 e. The summed E-state index contributed by atoms with van der Waals surface area (Å²) in [5, 5.41) is 1.57. The Balaban J connectivity index is 2.60. The largest absolute Gasteiger partial charge is 0.478 e. The lowest BCUT2D eigenvalue weighted by molar-refractivity contribution is -0.594. The minimum absolute atomic E-state index is 0.120. The van der Waals surface area contributed by atoms with Crippen LogP contribution < -0.4 is 5.32 Å². The van der Waals surface area contributed by atoms with Gasteiger partial charge < -0.3 is 5.32 Å². The molecule has 0 saturated carbocycles. The third-order valence-electron chi connectivity index (χ3n) is 1.89. The average molecular weight is 163 g/mol. The second-order valence-corrected chi connectivity index (χ2v) is 5.06. The van der Waals surface area contributed by atoms with Gasteiger partial charge in [-0.15, -0.1) is 0 Å². The zero-order valence-electron chi connectivity index (χ0n) is 5.91. The first-order chi connectivity index (χ1) is 4.67. The van der Waals surface area contributed by atoms with Gasteiger partial charge in [-0.25, -0.2) is 8.42 Å². The Morgan fingerprint density at radius 2 is 2.30 bits per heavy atom. The molecule has 0 aromatic rings. The van der Waals surface area contributed by atoms with E-state index in [1.165, 1.54) is 0 Å². The average Bonchev–Trinajstić information content (AvgIpc) is 2.13. The standard InChI is InChI=1S/C6H13NO2S/c1-7-5-6-3-2-4-10(6,8)9/h6H,1-5,7H2. The monoisotopic (exact) mass is 163 g/mol. The number of hydrogen-bond donors (Lipinski definition) is 1. The molecule has 4 heteroatoms. The SMILES string of the molecule is [CH2-][NH2+]CC1CCCS1(=O)=O. The van der Waals surface area contributed by atoms with Crippen LogP contribution >= 0.6 is 0 Å². The molecule has 1 rings (SSSR count). The van der Waals surface area contributed by atoms with Gasteiger partial charge in [0.25, 0.3) is 0 Å². The van der Waals surface area contributed by atoms with E-state index in [0.717, 1.165) is 12.8 Å². The van der Waals surface area contributed by atoms with Crippen LogP contribution in [0.5, 0.6) is 0 Å². The van der Waals surface area contributed by atoms with Gasteiger partial charge in [-0.05, 0) is 12.8 Å². The number of quaternary nitrogens is 1. The third-order valence-corrected chi connectivity index (χ3v) is 4.19. The highest BCUT2D eigenvalue weighted by Crippen LogP contribution is 2.17. The molecule has 1 atom stereocenters. The molecule has 2 N–H and O–H groups in total. The number of nitrogens with two attached hydrogens (primary N) is 1. The van der Waals surface area contributed by atoms with Crippen molar-refractivity contribution >= 4 is 9.84 Å². The van der Waals surface area contributed by atoms with Gasteiger partial charge in [0.1, 0.15) is 5.25 Å². The Morgan fingerprint density at radius 1 is 1.60 bits per heavy atom. The molecule has 1 aliphatic rings. The van der Waals surface area contributed by atoms with Crippen molar-refractivity contribution in [3.63, 3.8) is 0 Å². The molecule has 0 amide bonds. The maximum atomic E-state index is 11.1. The predicted molar refractivity (Wildman–Crippen MR) is 39.0 cm³/mol. The number of hydrogen-bond acceptors (Lipinski definition) is 2. The van der Waals surface area contributed by atoms with Gasteiger partial charge >= 0.3 is 0 Å². The molecule has 0 radical (unpaired) electrons. The molecule has 1 unspecified atom stereocenters. The van der Waals surface area contributed by atoms with Gasteiger partial charge in [0.2, 0.25) is 0 Å². The summed E-state index contributed by atoms with van der Waals surface area (Å²) in [6.07, 6.45) is 1.66. The zero-order chi connectivity index (χ0) is 7.61. The minimum Gasteiger partial charge on any atom is -0.478 e. The first-order valence-electron chi connectivity index (χ1n) is 3.49. The summed E-state index contributed by atoms with van der Waals surface area (Å²) in [5.41, 5.74) is 0. The molecule has 0 bridgehead atoms. The molecule has 0 aliphatic carbocycles. The summed E-state index contributed by atoms with van der Waals surface area (Å²) < 4.78 is 22.2. The smallest absolute Gasteiger partial charge is 0.158 e. The summed E-state index contributed by atoms with van der Waals surface area (Å²) in [7, 11) is 0.805. The highest BCUT2D eigenvalue weighted by Gasteiger charge is 2.31. The highest BCUT2D eigenvalue weighted by atomic mass is 32.2. The van der Waals surface area contributed by atoms with E-state index < -0.39 is 9.84 Å². The Labute approximate surface area is 61.7 Å². The van der Waals surface area contributed by atoms with Crippen molar-refractivity contribution in [1.29, 1.82) is 0 Å². The van der Waals surface area contributed by atoms with Crippen molar-refractivity contribution in [2.75, 3.05) is 12.3 Å². The second-order valence-electron chi connectivity index (χ2n) is 2.66. The summed E-state index contributed by atoms with van der Waals surface area (Å²) in [6, 6.07) is 0. The summed E-state index contributed by atoms with van der Waals surface area (Å²) in [6.45, 7) is 0.627. The molecule has 3 nitrogen and oxygen atoms in total. The lowest BCUT2D eigenvalue weighted by atomic mass is 10.2. The van der Waals surface area contributed by atoms with Crippen LogP contribution in [-0.2, 0) is 9.84 Å². The van der Waals surface area contributed by atoms with Crippen LogP contribution in [-0.4, -0.2) is 26.0 Å². The van der Waals surface area contributed by atoms with E-state index in [1.54, 1.807) is 5.32 Å². The van der Waals surface area contributed by atoms with E-state index in [4.69, 9.17) is 0 Å². The second kappa shape index (κ2) is 2.88. The van der Waals surface area contributed by atoms with Crippen LogP contribution in [0.2, 0.25) is 0 Å². The zero-order valence-corrected chi connectivity index (χ0v) is 6.73. The molecule has 0 aromatic carbocycles. The number of rotatable bonds is 2. The molecule has 0 spiro atoms. The number of sulfone groups is 1. The van der Waals surface area contributed by atoms with E-state index in [0.29, 0.717) is 12.3 Å². The lowest BCUT2D eigenvalue weighted by Gasteiger charge is -2.06. The summed E-state index contributed by atoms with van der Waals surface area (Å²) in [4.78, 5) is 0.